The first-order chi connectivity index (χ1) is 15.6. The van der Waals surface area contributed by atoms with Gasteiger partial charge in [0, 0.05) is 20.1 Å². The van der Waals surface area contributed by atoms with Gasteiger partial charge in [-0.25, -0.2) is 9.97 Å². The molecule has 184 valence electrons. The number of nitrogens with one attached hydrogen (secondary N) is 1. The lowest BCUT2D eigenvalue weighted by molar-refractivity contribution is -0.383. The van der Waals surface area contributed by atoms with Gasteiger partial charge in [-0.15, -0.1) is 0 Å². The molecule has 0 saturated heterocycles. The first-order valence-corrected chi connectivity index (χ1v) is 13.1. The molecule has 0 aliphatic heterocycles. The maximum Gasteiger partial charge on any atom is 0.353 e. The van der Waals surface area contributed by atoms with Gasteiger partial charge < -0.3 is 10.2 Å². The molecule has 0 aliphatic rings. The first-order valence-electron chi connectivity index (χ1n) is 13.1. The minimum Gasteiger partial charge on any atom is -0.364 e. The Morgan fingerprint density at radius 3 is 1.81 bits per heavy atom. The number of hydrogen-bond acceptors (Lipinski definition) is 6. The van der Waals surface area contributed by atoms with Gasteiger partial charge in [-0.1, -0.05) is 104 Å². The van der Waals surface area contributed by atoms with Gasteiger partial charge in [0.05, 0.1) is 4.92 Å². The molecule has 1 aromatic rings. The third kappa shape index (κ3) is 12.2. The largest absolute Gasteiger partial charge is 0.364 e. The van der Waals surface area contributed by atoms with Crippen LogP contribution in [-0.2, 0) is 0 Å². The van der Waals surface area contributed by atoms with Crippen LogP contribution in [-0.4, -0.2) is 35.0 Å². The molecule has 0 fully saturated rings. The van der Waals surface area contributed by atoms with Crippen molar-refractivity contribution in [1.29, 1.82) is 0 Å². The molecule has 32 heavy (non-hydrogen) atoms. The lowest BCUT2D eigenvalue weighted by Crippen LogP contribution is -2.22. The van der Waals surface area contributed by atoms with Crippen LogP contribution in [0.25, 0.3) is 0 Å². The normalized spacial score (nSPS) is 11.0. The second-order valence-electron chi connectivity index (χ2n) is 8.95. The maximum absolute atomic E-state index is 11.6. The fourth-order valence-electron chi connectivity index (χ4n) is 3.97. The molecule has 0 radical (unpaired) electrons. The Hall–Kier alpha value is -1.92. The molecular formula is C25H47N5O2. The van der Waals surface area contributed by atoms with E-state index in [0.717, 1.165) is 32.2 Å². The summed E-state index contributed by atoms with van der Waals surface area (Å²) in [5, 5.41) is 14.8. The predicted molar refractivity (Wildman–Crippen MR) is 136 cm³/mol. The van der Waals surface area contributed by atoms with Crippen LogP contribution in [0.2, 0.25) is 0 Å². The van der Waals surface area contributed by atoms with E-state index in [0.29, 0.717) is 18.2 Å². The van der Waals surface area contributed by atoms with Gasteiger partial charge in [-0.3, -0.25) is 10.1 Å². The molecule has 0 spiro atoms. The van der Waals surface area contributed by atoms with Crippen molar-refractivity contribution < 1.29 is 4.92 Å². The summed E-state index contributed by atoms with van der Waals surface area (Å²) in [7, 11) is 1.85. The number of unbranched alkanes of at least 4 members (excludes halogenated alkanes) is 14. The molecule has 1 N–H and O–H groups in total. The van der Waals surface area contributed by atoms with Gasteiger partial charge >= 0.3 is 5.69 Å². The van der Waals surface area contributed by atoms with Crippen molar-refractivity contribution in [3.05, 3.63) is 16.4 Å². The lowest BCUT2D eigenvalue weighted by Gasteiger charge is -2.18. The molecular weight excluding hydrogens is 402 g/mol. The van der Waals surface area contributed by atoms with E-state index in [1.165, 1.54) is 83.4 Å². The fourth-order valence-corrected chi connectivity index (χ4v) is 3.97. The van der Waals surface area contributed by atoms with Crippen molar-refractivity contribution in [2.24, 2.45) is 0 Å². The minimum atomic E-state index is -0.370. The van der Waals surface area contributed by atoms with Crippen LogP contribution >= 0.6 is 0 Å². The van der Waals surface area contributed by atoms with Gasteiger partial charge in [-0.2, -0.15) is 0 Å². The van der Waals surface area contributed by atoms with E-state index in [4.69, 9.17) is 0 Å². The van der Waals surface area contributed by atoms with Crippen molar-refractivity contribution in [2.45, 2.75) is 117 Å². The van der Waals surface area contributed by atoms with Crippen LogP contribution in [0, 0.1) is 10.1 Å². The van der Waals surface area contributed by atoms with E-state index in [1.807, 2.05) is 11.9 Å². The third-order valence-corrected chi connectivity index (χ3v) is 6.02. The molecule has 0 saturated carbocycles. The Morgan fingerprint density at radius 1 is 0.812 bits per heavy atom. The average Bonchev–Trinajstić information content (AvgIpc) is 2.79. The van der Waals surface area contributed by atoms with E-state index in [9.17, 15) is 10.1 Å². The lowest BCUT2D eigenvalue weighted by atomic mass is 10.0. The number of nitro groups is 1. The molecule has 1 rings (SSSR count). The quantitative estimate of drug-likeness (QED) is 0.119. The van der Waals surface area contributed by atoms with Crippen LogP contribution in [0.1, 0.15) is 117 Å². The fraction of sp³-hybridized carbons (Fsp3) is 0.840. The molecule has 0 unspecified atom stereocenters. The average molecular weight is 450 g/mol. The molecule has 0 aliphatic carbocycles. The monoisotopic (exact) mass is 449 g/mol. The summed E-state index contributed by atoms with van der Waals surface area (Å²) in [6.07, 6.45) is 21.9. The number of aromatic nitrogens is 2. The zero-order valence-electron chi connectivity index (χ0n) is 20.9. The first kappa shape index (κ1) is 28.1. The summed E-state index contributed by atoms with van der Waals surface area (Å²) in [5.41, 5.74) is -0.0172. The summed E-state index contributed by atoms with van der Waals surface area (Å²) >= 11 is 0. The van der Waals surface area contributed by atoms with E-state index >= 15 is 0 Å². The zero-order chi connectivity index (χ0) is 23.4. The summed E-state index contributed by atoms with van der Waals surface area (Å²) in [6, 6.07) is 0. The van der Waals surface area contributed by atoms with Crippen molar-refractivity contribution in [3.8, 4) is 0 Å². The number of nitrogens with zero attached hydrogens (tertiary/aromatic N) is 4. The number of rotatable bonds is 21. The molecule has 0 atom stereocenters. The van der Waals surface area contributed by atoms with Crippen molar-refractivity contribution in [1.82, 2.24) is 9.97 Å². The Kier molecular flexibility index (Phi) is 16.4. The molecule has 1 aromatic heterocycles. The van der Waals surface area contributed by atoms with Gasteiger partial charge in [0.1, 0.15) is 6.33 Å². The summed E-state index contributed by atoms with van der Waals surface area (Å²) in [6.45, 7) is 5.82. The molecule has 7 heteroatoms. The second kappa shape index (κ2) is 18.6. The molecule has 0 bridgehead atoms. The summed E-state index contributed by atoms with van der Waals surface area (Å²) < 4.78 is 0. The minimum absolute atomic E-state index is 0.0172. The smallest absolute Gasteiger partial charge is 0.353 e. The second-order valence-corrected chi connectivity index (χ2v) is 8.95. The molecule has 1 heterocycles. The summed E-state index contributed by atoms with van der Waals surface area (Å²) in [5.74, 6) is 0.722. The van der Waals surface area contributed by atoms with Crippen LogP contribution in [0.5, 0.6) is 0 Å². The Morgan fingerprint density at radius 2 is 1.31 bits per heavy atom. The van der Waals surface area contributed by atoms with Crippen molar-refractivity contribution >= 4 is 17.3 Å². The van der Waals surface area contributed by atoms with E-state index < -0.39 is 0 Å². The number of anilines is 2. The van der Waals surface area contributed by atoms with Crippen molar-refractivity contribution in [2.75, 3.05) is 30.4 Å². The highest BCUT2D eigenvalue weighted by atomic mass is 16.6. The maximum atomic E-state index is 11.6. The molecule has 7 nitrogen and oxygen atoms in total. The van der Waals surface area contributed by atoms with Crippen LogP contribution in [0.15, 0.2) is 6.33 Å². The van der Waals surface area contributed by atoms with Crippen LogP contribution < -0.4 is 10.2 Å². The van der Waals surface area contributed by atoms with Crippen LogP contribution in [0.4, 0.5) is 17.3 Å². The van der Waals surface area contributed by atoms with Gasteiger partial charge in [0.15, 0.2) is 0 Å². The van der Waals surface area contributed by atoms with E-state index in [-0.39, 0.29) is 10.6 Å². The standard InChI is InChI=1S/C25H47N5O2/c1-4-6-8-9-10-11-12-13-14-15-16-17-18-19-20-26-24-23(30(31)32)25(28-22-27-24)29(3)21-7-5-2/h22H,4-21H2,1-3H3,(H,26,27,28). The Balaban J connectivity index is 2.17. The number of hydrogen-bond donors (Lipinski definition) is 1. The van der Waals surface area contributed by atoms with E-state index in [1.54, 1.807) is 0 Å². The van der Waals surface area contributed by atoms with Gasteiger partial charge in [0.2, 0.25) is 11.6 Å². The Bertz CT molecular complexity index is 612. The predicted octanol–water partition coefficient (Wildman–Crippen LogP) is 7.51. The topological polar surface area (TPSA) is 84.2 Å². The highest BCUT2D eigenvalue weighted by molar-refractivity contribution is 5.70. The van der Waals surface area contributed by atoms with Gasteiger partial charge in [-0.05, 0) is 12.8 Å². The van der Waals surface area contributed by atoms with Crippen LogP contribution in [0.3, 0.4) is 0 Å². The Labute approximate surface area is 195 Å². The van der Waals surface area contributed by atoms with E-state index in [2.05, 4.69) is 29.1 Å². The van der Waals surface area contributed by atoms with Crippen molar-refractivity contribution in [3.63, 3.8) is 0 Å². The SMILES string of the molecule is CCCCCCCCCCCCCCCCNc1ncnc(N(C)CCCC)c1[N+](=O)[O-]. The molecule has 0 amide bonds. The molecule has 0 aromatic carbocycles. The zero-order valence-corrected chi connectivity index (χ0v) is 20.9. The van der Waals surface area contributed by atoms with Gasteiger partial charge in [0.25, 0.3) is 0 Å². The third-order valence-electron chi connectivity index (χ3n) is 6.02. The summed E-state index contributed by atoms with van der Waals surface area (Å²) in [4.78, 5) is 21.4. The highest BCUT2D eigenvalue weighted by Crippen LogP contribution is 2.31. The highest BCUT2D eigenvalue weighted by Gasteiger charge is 2.25.